The molecule has 0 unspecified atom stereocenters. The van der Waals surface area contributed by atoms with Crippen LogP contribution >= 0.6 is 0 Å². The zero-order valence-corrected chi connectivity index (χ0v) is 28.6. The zero-order chi connectivity index (χ0) is 35.1. The average molecular weight is 678 g/mol. The van der Waals surface area contributed by atoms with Gasteiger partial charge in [0.1, 0.15) is 11.2 Å². The minimum Gasteiger partial charge on any atom is -0.455 e. The molecular formula is C49H31N3O. The monoisotopic (exact) mass is 677 g/mol. The van der Waals surface area contributed by atoms with Gasteiger partial charge in [0.2, 0.25) is 0 Å². The zero-order valence-electron chi connectivity index (χ0n) is 28.6. The summed E-state index contributed by atoms with van der Waals surface area (Å²) in [6.45, 7) is 0. The molecule has 0 saturated carbocycles. The number of benzene rings is 8. The van der Waals surface area contributed by atoms with Crippen LogP contribution in [-0.2, 0) is 0 Å². The van der Waals surface area contributed by atoms with Gasteiger partial charge in [-0.3, -0.25) is 0 Å². The quantitative estimate of drug-likeness (QED) is 0.176. The molecule has 2 aromatic heterocycles. The first-order valence-electron chi connectivity index (χ1n) is 17.8. The molecule has 0 saturated heterocycles. The van der Waals surface area contributed by atoms with Gasteiger partial charge in [0, 0.05) is 32.8 Å². The van der Waals surface area contributed by atoms with Gasteiger partial charge < -0.3 is 4.42 Å². The highest BCUT2D eigenvalue weighted by molar-refractivity contribution is 6.19. The highest BCUT2D eigenvalue weighted by atomic mass is 16.3. The largest absolute Gasteiger partial charge is 0.455 e. The van der Waals surface area contributed by atoms with Crippen molar-refractivity contribution in [2.45, 2.75) is 0 Å². The van der Waals surface area contributed by atoms with E-state index in [1.54, 1.807) is 0 Å². The first-order valence-corrected chi connectivity index (χ1v) is 17.8. The highest BCUT2D eigenvalue weighted by Crippen LogP contribution is 2.41. The van der Waals surface area contributed by atoms with E-state index in [0.717, 1.165) is 71.7 Å². The van der Waals surface area contributed by atoms with Crippen molar-refractivity contribution in [1.29, 1.82) is 0 Å². The third kappa shape index (κ3) is 5.63. The van der Waals surface area contributed by atoms with Crippen LogP contribution in [0.3, 0.4) is 0 Å². The van der Waals surface area contributed by atoms with Crippen molar-refractivity contribution < 1.29 is 4.42 Å². The van der Waals surface area contributed by atoms with E-state index in [9.17, 15) is 0 Å². The van der Waals surface area contributed by atoms with Gasteiger partial charge in [-0.1, -0.05) is 164 Å². The molecule has 0 aliphatic carbocycles. The van der Waals surface area contributed by atoms with Crippen LogP contribution in [0.15, 0.2) is 192 Å². The Morgan fingerprint density at radius 3 is 1.43 bits per heavy atom. The Morgan fingerprint density at radius 1 is 0.283 bits per heavy atom. The van der Waals surface area contributed by atoms with Gasteiger partial charge in [-0.2, -0.15) is 0 Å². The fourth-order valence-corrected chi connectivity index (χ4v) is 7.27. The lowest BCUT2D eigenvalue weighted by atomic mass is 9.94. The maximum atomic E-state index is 6.63. The number of hydrogen-bond acceptors (Lipinski definition) is 4. The number of fused-ring (bicyclic) bond motifs is 5. The summed E-state index contributed by atoms with van der Waals surface area (Å²) in [6.07, 6.45) is 0. The Kier molecular flexibility index (Phi) is 7.43. The number of nitrogens with zero attached hydrogens (tertiary/aromatic N) is 3. The Hall–Kier alpha value is -7.17. The average Bonchev–Trinajstić information content (AvgIpc) is 3.62. The Labute approximate surface area is 306 Å². The summed E-state index contributed by atoms with van der Waals surface area (Å²) in [5, 5.41) is 4.39. The summed E-state index contributed by atoms with van der Waals surface area (Å²) < 4.78 is 6.63. The highest BCUT2D eigenvalue weighted by Gasteiger charge is 2.17. The SMILES string of the molecule is c1ccc(-c2ccc(-c3nc(-c4ccccc4)nc(-c4cccc(-c5cc6c7ccc(-c8ccccc8)cc7oc6c6ccccc56)c4)n3)cc2)cc1. The summed E-state index contributed by atoms with van der Waals surface area (Å²) >= 11 is 0. The lowest BCUT2D eigenvalue weighted by Crippen LogP contribution is -2.00. The van der Waals surface area contributed by atoms with Gasteiger partial charge in [0.05, 0.1) is 0 Å². The minimum absolute atomic E-state index is 0.621. The molecule has 4 nitrogen and oxygen atoms in total. The lowest BCUT2D eigenvalue weighted by Gasteiger charge is -2.11. The number of furan rings is 1. The van der Waals surface area contributed by atoms with E-state index >= 15 is 0 Å². The first-order chi connectivity index (χ1) is 26.2. The van der Waals surface area contributed by atoms with Crippen LogP contribution in [0.2, 0.25) is 0 Å². The van der Waals surface area contributed by atoms with Crippen LogP contribution < -0.4 is 0 Å². The number of hydrogen-bond donors (Lipinski definition) is 0. The second kappa shape index (κ2) is 12.9. The maximum absolute atomic E-state index is 6.63. The normalized spacial score (nSPS) is 11.4. The summed E-state index contributed by atoms with van der Waals surface area (Å²) in [4.78, 5) is 15.1. The molecule has 4 heteroatoms. The van der Waals surface area contributed by atoms with E-state index in [1.807, 2.05) is 42.5 Å². The Morgan fingerprint density at radius 2 is 0.755 bits per heavy atom. The third-order valence-corrected chi connectivity index (χ3v) is 9.94. The predicted molar refractivity (Wildman–Crippen MR) is 217 cm³/mol. The molecule has 0 N–H and O–H groups in total. The second-order valence-electron chi connectivity index (χ2n) is 13.2. The molecule has 0 radical (unpaired) electrons. The van der Waals surface area contributed by atoms with E-state index in [0.29, 0.717) is 17.5 Å². The van der Waals surface area contributed by atoms with E-state index < -0.39 is 0 Å². The molecule has 53 heavy (non-hydrogen) atoms. The molecule has 0 spiro atoms. The minimum atomic E-state index is 0.621. The van der Waals surface area contributed by atoms with Crippen molar-refractivity contribution in [3.05, 3.63) is 188 Å². The van der Waals surface area contributed by atoms with E-state index in [4.69, 9.17) is 19.4 Å². The molecule has 248 valence electrons. The standard InChI is InChI=1S/C49H31N3O/c1-4-13-32(14-5-1)34-23-25-36(26-24-34)48-50-47(35-17-8-3-9-18-35)51-49(52-48)39-20-12-19-38(29-39)43-31-44-41-28-27-37(33-15-6-2-7-16-33)30-45(41)53-46(44)42-22-11-10-21-40(42)43/h1-31H. The lowest BCUT2D eigenvalue weighted by molar-refractivity contribution is 0.673. The van der Waals surface area contributed by atoms with Gasteiger partial charge in [0.25, 0.3) is 0 Å². The Balaban J connectivity index is 1.10. The van der Waals surface area contributed by atoms with Crippen LogP contribution in [-0.4, -0.2) is 15.0 Å². The van der Waals surface area contributed by atoms with Crippen molar-refractivity contribution in [1.82, 2.24) is 15.0 Å². The molecule has 0 fully saturated rings. The molecule has 0 aliphatic rings. The van der Waals surface area contributed by atoms with Crippen LogP contribution in [0.25, 0.3) is 100 Å². The fraction of sp³-hybridized carbons (Fsp3) is 0. The Bertz CT molecular complexity index is 2920. The van der Waals surface area contributed by atoms with Gasteiger partial charge in [-0.05, 0) is 63.0 Å². The molecule has 0 bridgehead atoms. The van der Waals surface area contributed by atoms with E-state index in [-0.39, 0.29) is 0 Å². The third-order valence-electron chi connectivity index (χ3n) is 9.94. The van der Waals surface area contributed by atoms with Gasteiger partial charge in [-0.15, -0.1) is 0 Å². The van der Waals surface area contributed by atoms with E-state index in [2.05, 4.69) is 146 Å². The van der Waals surface area contributed by atoms with Gasteiger partial charge in [0.15, 0.2) is 17.5 Å². The molecule has 10 rings (SSSR count). The van der Waals surface area contributed by atoms with Crippen LogP contribution in [0.4, 0.5) is 0 Å². The van der Waals surface area contributed by atoms with Crippen molar-refractivity contribution in [2.75, 3.05) is 0 Å². The first kappa shape index (κ1) is 30.6. The maximum Gasteiger partial charge on any atom is 0.164 e. The van der Waals surface area contributed by atoms with Gasteiger partial charge >= 0.3 is 0 Å². The summed E-state index contributed by atoms with van der Waals surface area (Å²) in [7, 11) is 0. The topological polar surface area (TPSA) is 51.8 Å². The number of rotatable bonds is 6. The van der Waals surface area contributed by atoms with Crippen molar-refractivity contribution >= 4 is 32.7 Å². The van der Waals surface area contributed by atoms with Crippen LogP contribution in [0.5, 0.6) is 0 Å². The van der Waals surface area contributed by atoms with Gasteiger partial charge in [-0.25, -0.2) is 15.0 Å². The predicted octanol–water partition coefficient (Wildman–Crippen LogP) is 12.9. The summed E-state index contributed by atoms with van der Waals surface area (Å²) in [5.74, 6) is 1.88. The molecular weight excluding hydrogens is 647 g/mol. The smallest absolute Gasteiger partial charge is 0.164 e. The molecule has 8 aromatic carbocycles. The molecule has 0 aliphatic heterocycles. The van der Waals surface area contributed by atoms with Crippen molar-refractivity contribution in [3.8, 4) is 67.5 Å². The van der Waals surface area contributed by atoms with Crippen molar-refractivity contribution in [2.24, 2.45) is 0 Å². The molecule has 10 aromatic rings. The molecule has 0 atom stereocenters. The number of aromatic nitrogens is 3. The summed E-state index contributed by atoms with van der Waals surface area (Å²) in [6, 6.07) is 65.1. The fourth-order valence-electron chi connectivity index (χ4n) is 7.27. The molecule has 0 amide bonds. The van der Waals surface area contributed by atoms with Crippen LogP contribution in [0.1, 0.15) is 0 Å². The van der Waals surface area contributed by atoms with Crippen molar-refractivity contribution in [3.63, 3.8) is 0 Å². The molecule has 2 heterocycles. The van der Waals surface area contributed by atoms with E-state index in [1.165, 1.54) is 11.1 Å². The summed E-state index contributed by atoms with van der Waals surface area (Å²) in [5.41, 5.74) is 11.4. The van der Waals surface area contributed by atoms with Crippen LogP contribution in [0, 0.1) is 0 Å². The second-order valence-corrected chi connectivity index (χ2v) is 13.2.